The van der Waals surface area contributed by atoms with E-state index in [9.17, 15) is 13.2 Å². The molecule has 0 radical (unpaired) electrons. The molecular weight excluding hydrogens is 416 g/mol. The summed E-state index contributed by atoms with van der Waals surface area (Å²) in [6.45, 7) is 1.48. The van der Waals surface area contributed by atoms with Crippen LogP contribution >= 0.6 is 23.4 Å². The first-order valence-electron chi connectivity index (χ1n) is 10.1. The number of carbonyl (C=O) groups is 1. The van der Waals surface area contributed by atoms with E-state index < -0.39 is 10.0 Å². The van der Waals surface area contributed by atoms with Crippen molar-refractivity contribution < 1.29 is 13.2 Å². The van der Waals surface area contributed by atoms with Gasteiger partial charge in [0.2, 0.25) is 15.9 Å². The molecule has 1 aromatic rings. The predicted octanol–water partition coefficient (Wildman–Crippen LogP) is 3.67. The smallest absolute Gasteiger partial charge is 0.223 e. The summed E-state index contributed by atoms with van der Waals surface area (Å²) in [5.74, 6) is 0.835. The average Bonchev–Trinajstić information content (AvgIpc) is 3.20. The predicted molar refractivity (Wildman–Crippen MR) is 116 cm³/mol. The number of halogens is 1. The van der Waals surface area contributed by atoms with Crippen LogP contribution in [0.1, 0.15) is 44.1 Å². The van der Waals surface area contributed by atoms with Crippen molar-refractivity contribution in [2.45, 2.75) is 49.5 Å². The highest BCUT2D eigenvalue weighted by molar-refractivity contribution is 7.99. The number of nitrogens with one attached hydrogen (secondary N) is 1. The van der Waals surface area contributed by atoms with Crippen molar-refractivity contribution in [1.82, 2.24) is 9.62 Å². The van der Waals surface area contributed by atoms with Crippen LogP contribution in [0.25, 0.3) is 0 Å². The maximum Gasteiger partial charge on any atom is 0.223 e. The minimum absolute atomic E-state index is 0.0650. The molecule has 1 saturated heterocycles. The molecule has 0 spiro atoms. The normalized spacial score (nSPS) is 19.8. The van der Waals surface area contributed by atoms with Crippen molar-refractivity contribution in [2.24, 2.45) is 5.92 Å². The Morgan fingerprint density at radius 3 is 2.50 bits per heavy atom. The van der Waals surface area contributed by atoms with Gasteiger partial charge in [-0.15, -0.1) is 0 Å². The van der Waals surface area contributed by atoms with E-state index in [0.29, 0.717) is 43.1 Å². The van der Waals surface area contributed by atoms with Crippen LogP contribution in [0.4, 0.5) is 0 Å². The van der Waals surface area contributed by atoms with E-state index in [1.165, 1.54) is 30.0 Å². The number of hydrogen-bond acceptors (Lipinski definition) is 4. The van der Waals surface area contributed by atoms with E-state index in [-0.39, 0.29) is 17.6 Å². The number of benzene rings is 1. The third kappa shape index (κ3) is 6.12. The number of amides is 1. The summed E-state index contributed by atoms with van der Waals surface area (Å²) < 4.78 is 26.9. The largest absolute Gasteiger partial charge is 0.355 e. The van der Waals surface area contributed by atoms with Crippen LogP contribution in [0.5, 0.6) is 0 Å². The zero-order chi connectivity index (χ0) is 20.0. The first-order valence-corrected chi connectivity index (χ1v) is 13.1. The summed E-state index contributed by atoms with van der Waals surface area (Å²) >= 11 is 8.06. The number of rotatable bonds is 8. The topological polar surface area (TPSA) is 66.5 Å². The molecule has 0 bridgehead atoms. The van der Waals surface area contributed by atoms with Crippen LogP contribution in [-0.2, 0) is 20.6 Å². The van der Waals surface area contributed by atoms with Gasteiger partial charge in [-0.3, -0.25) is 4.79 Å². The zero-order valence-corrected chi connectivity index (χ0v) is 18.5. The van der Waals surface area contributed by atoms with Gasteiger partial charge in [-0.05, 0) is 37.3 Å². The summed E-state index contributed by atoms with van der Waals surface area (Å²) in [5.41, 5.74) is 0.615. The second kappa shape index (κ2) is 10.3. The Kier molecular flexibility index (Phi) is 8.09. The average molecular weight is 445 g/mol. The molecule has 1 aliphatic carbocycles. The molecule has 1 aromatic carbocycles. The molecule has 2 fully saturated rings. The molecule has 0 aromatic heterocycles. The Morgan fingerprint density at radius 2 is 1.82 bits per heavy atom. The van der Waals surface area contributed by atoms with Crippen molar-refractivity contribution in [3.05, 3.63) is 34.9 Å². The summed E-state index contributed by atoms with van der Waals surface area (Å²) in [5, 5.41) is 4.27. The van der Waals surface area contributed by atoms with Crippen LogP contribution in [0.15, 0.2) is 24.3 Å². The Bertz CT molecular complexity index is 758. The van der Waals surface area contributed by atoms with Crippen LogP contribution in [-0.4, -0.2) is 49.3 Å². The standard InChI is InChI=1S/C20H29ClN2O3S2/c21-19-8-4-1-5-17(19)15-28(25,26)23-12-9-16(10-13-23)20(24)22-11-14-27-18-6-2-3-7-18/h1,4-5,8,16,18H,2-3,6-7,9-15H2,(H,22,24). The van der Waals surface area contributed by atoms with Crippen LogP contribution in [0.2, 0.25) is 5.02 Å². The van der Waals surface area contributed by atoms with E-state index in [2.05, 4.69) is 5.32 Å². The molecule has 1 saturated carbocycles. The lowest BCUT2D eigenvalue weighted by molar-refractivity contribution is -0.125. The lowest BCUT2D eigenvalue weighted by Crippen LogP contribution is -2.43. The Hall–Kier alpha value is -0.760. The summed E-state index contributed by atoms with van der Waals surface area (Å²) in [6.07, 6.45) is 6.43. The van der Waals surface area contributed by atoms with Crippen molar-refractivity contribution >= 4 is 39.3 Å². The molecule has 8 heteroatoms. The highest BCUT2D eigenvalue weighted by atomic mass is 35.5. The van der Waals surface area contributed by atoms with Gasteiger partial charge in [-0.2, -0.15) is 11.8 Å². The molecule has 3 rings (SSSR count). The lowest BCUT2D eigenvalue weighted by Gasteiger charge is -2.30. The monoisotopic (exact) mass is 444 g/mol. The fraction of sp³-hybridized carbons (Fsp3) is 0.650. The SMILES string of the molecule is O=C(NCCSC1CCCC1)C1CCN(S(=O)(=O)Cc2ccccc2Cl)CC1. The van der Waals surface area contributed by atoms with Crippen molar-refractivity contribution in [3.63, 3.8) is 0 Å². The lowest BCUT2D eigenvalue weighted by atomic mass is 9.97. The fourth-order valence-electron chi connectivity index (χ4n) is 3.90. The van der Waals surface area contributed by atoms with Crippen molar-refractivity contribution in [3.8, 4) is 0 Å². The highest BCUT2D eigenvalue weighted by Crippen LogP contribution is 2.29. The number of sulfonamides is 1. The molecule has 0 unspecified atom stereocenters. The van der Waals surface area contributed by atoms with Gasteiger partial charge in [0.25, 0.3) is 0 Å². The van der Waals surface area contributed by atoms with Gasteiger partial charge in [0.1, 0.15) is 0 Å². The summed E-state index contributed by atoms with van der Waals surface area (Å²) in [6, 6.07) is 7.02. The van der Waals surface area contributed by atoms with Crippen molar-refractivity contribution in [2.75, 3.05) is 25.4 Å². The van der Waals surface area contributed by atoms with Gasteiger partial charge in [-0.1, -0.05) is 42.6 Å². The summed E-state index contributed by atoms with van der Waals surface area (Å²) in [7, 11) is -3.42. The quantitative estimate of drug-likeness (QED) is 0.621. The first kappa shape index (κ1) is 21.9. The molecule has 28 heavy (non-hydrogen) atoms. The Balaban J connectivity index is 1.40. The number of nitrogens with zero attached hydrogens (tertiary/aromatic N) is 1. The summed E-state index contributed by atoms with van der Waals surface area (Å²) in [4.78, 5) is 12.4. The molecule has 156 valence electrons. The second-order valence-electron chi connectivity index (χ2n) is 7.59. The zero-order valence-electron chi connectivity index (χ0n) is 16.1. The molecule has 5 nitrogen and oxygen atoms in total. The van der Waals surface area contributed by atoms with E-state index in [0.717, 1.165) is 11.0 Å². The number of thioether (sulfide) groups is 1. The van der Waals surface area contributed by atoms with Gasteiger partial charge >= 0.3 is 0 Å². The molecule has 1 N–H and O–H groups in total. The fourth-order valence-corrected chi connectivity index (χ4v) is 6.99. The van der Waals surface area contributed by atoms with E-state index in [1.54, 1.807) is 24.3 Å². The molecular formula is C20H29ClN2O3S2. The number of carbonyl (C=O) groups excluding carboxylic acids is 1. The third-order valence-electron chi connectivity index (χ3n) is 5.57. The van der Waals surface area contributed by atoms with Gasteiger partial charge < -0.3 is 5.32 Å². The minimum atomic E-state index is -3.42. The molecule has 0 atom stereocenters. The van der Waals surface area contributed by atoms with Gasteiger partial charge in [0.15, 0.2) is 0 Å². The molecule has 1 aliphatic heterocycles. The Labute approximate surface area is 177 Å². The van der Waals surface area contributed by atoms with Crippen LogP contribution in [0.3, 0.4) is 0 Å². The number of piperidine rings is 1. The Morgan fingerprint density at radius 1 is 1.14 bits per heavy atom. The van der Waals surface area contributed by atoms with Gasteiger partial charge in [0, 0.05) is 41.6 Å². The van der Waals surface area contributed by atoms with Crippen molar-refractivity contribution in [1.29, 1.82) is 0 Å². The maximum absolute atomic E-state index is 12.7. The van der Waals surface area contributed by atoms with E-state index >= 15 is 0 Å². The van der Waals surface area contributed by atoms with Gasteiger partial charge in [0.05, 0.1) is 5.75 Å². The van der Waals surface area contributed by atoms with Gasteiger partial charge in [-0.25, -0.2) is 12.7 Å². The third-order valence-corrected chi connectivity index (χ3v) is 9.15. The van der Waals surface area contributed by atoms with Crippen LogP contribution < -0.4 is 5.32 Å². The van der Waals surface area contributed by atoms with E-state index in [4.69, 9.17) is 11.6 Å². The molecule has 1 amide bonds. The minimum Gasteiger partial charge on any atom is -0.355 e. The highest BCUT2D eigenvalue weighted by Gasteiger charge is 2.31. The first-order chi connectivity index (χ1) is 13.5. The van der Waals surface area contributed by atoms with Crippen LogP contribution in [0, 0.1) is 5.92 Å². The maximum atomic E-state index is 12.7. The second-order valence-corrected chi connectivity index (χ2v) is 11.4. The molecule has 1 heterocycles. The molecule has 2 aliphatic rings. The van der Waals surface area contributed by atoms with E-state index in [1.807, 2.05) is 11.8 Å². The number of hydrogen-bond donors (Lipinski definition) is 1.